The Kier molecular flexibility index (Phi) is 8.85. The van der Waals surface area contributed by atoms with Crippen LogP contribution in [0.3, 0.4) is 0 Å². The number of aromatic nitrogens is 3. The normalized spacial score (nSPS) is 9.93. The van der Waals surface area contributed by atoms with Crippen LogP contribution in [0.4, 0.5) is 17.8 Å². The smallest absolute Gasteiger partial charge is 0.265 e. The van der Waals surface area contributed by atoms with Gasteiger partial charge in [-0.25, -0.2) is 0 Å². The van der Waals surface area contributed by atoms with Crippen LogP contribution >= 0.6 is 0 Å². The van der Waals surface area contributed by atoms with Crippen LogP contribution in [-0.2, 0) is 19.2 Å². The van der Waals surface area contributed by atoms with E-state index in [0.717, 1.165) is 10.2 Å². The van der Waals surface area contributed by atoms with Crippen molar-refractivity contribution < 1.29 is 19.2 Å². The van der Waals surface area contributed by atoms with Crippen LogP contribution in [0, 0.1) is 0 Å². The van der Waals surface area contributed by atoms with Crippen LogP contribution in [-0.4, -0.2) is 38.6 Å². The molecule has 0 aliphatic heterocycles. The summed E-state index contributed by atoms with van der Waals surface area (Å²) in [5.74, 6) is -2.62. The van der Waals surface area contributed by atoms with Gasteiger partial charge >= 0.3 is 0 Å². The number of carbonyl (C=O) groups excluding carboxylic acids is 4. The molecule has 18 heteroatoms. The van der Waals surface area contributed by atoms with Crippen molar-refractivity contribution in [1.29, 1.82) is 0 Å². The molecule has 18 nitrogen and oxygen atoms in total. The summed E-state index contributed by atoms with van der Waals surface area (Å²) in [6.45, 7) is 4.92. The number of nitrogens with two attached hydrogens (primary N) is 1. The van der Waals surface area contributed by atoms with E-state index in [1.54, 1.807) is 0 Å². The van der Waals surface area contributed by atoms with Gasteiger partial charge in [-0.3, -0.25) is 40.9 Å². The number of nitrogens with zero attached hydrogens (tertiary/aromatic N) is 5. The molecule has 1 heterocycles. The maximum absolute atomic E-state index is 11.2. The molecule has 1 rings (SSSR count). The fraction of sp³-hybridized carbons (Fsp3) is 0.364. The molecule has 0 aromatic carbocycles. The molecule has 0 aliphatic rings. The van der Waals surface area contributed by atoms with E-state index in [4.69, 9.17) is 5.73 Å². The molecule has 0 aliphatic carbocycles. The van der Waals surface area contributed by atoms with Gasteiger partial charge in [-0.05, 0) is 0 Å². The SMILES string of the molecule is CC(=O)NNN(NNC(C)=O)c1nc(N)nc(N(NNC(C)=O)NNC(C)=O)n1. The van der Waals surface area contributed by atoms with E-state index in [1.165, 1.54) is 27.7 Å². The number of hydrazine groups is 8. The van der Waals surface area contributed by atoms with Gasteiger partial charge in [0.2, 0.25) is 29.6 Å². The van der Waals surface area contributed by atoms with Gasteiger partial charge in [0.15, 0.2) is 0 Å². The van der Waals surface area contributed by atoms with Crippen molar-refractivity contribution in [3.8, 4) is 0 Å². The van der Waals surface area contributed by atoms with Crippen LogP contribution < -0.4 is 59.8 Å². The predicted octanol–water partition coefficient (Wildman–Crippen LogP) is -4.71. The second kappa shape index (κ2) is 11.1. The molecule has 4 amide bonds. The van der Waals surface area contributed by atoms with Crippen molar-refractivity contribution in [2.45, 2.75) is 27.7 Å². The lowest BCUT2D eigenvalue weighted by Gasteiger charge is -2.26. The van der Waals surface area contributed by atoms with Gasteiger partial charge in [-0.15, -0.1) is 22.1 Å². The first-order valence-corrected chi connectivity index (χ1v) is 7.79. The molecule has 0 saturated heterocycles. The number of nitrogens with one attached hydrogen (secondary N) is 8. The monoisotopic (exact) mass is 414 g/mol. The minimum Gasteiger partial charge on any atom is -0.368 e. The summed E-state index contributed by atoms with van der Waals surface area (Å²) in [7, 11) is 0. The van der Waals surface area contributed by atoms with E-state index in [0.29, 0.717) is 0 Å². The van der Waals surface area contributed by atoms with Gasteiger partial charge in [-0.1, -0.05) is 0 Å². The van der Waals surface area contributed by atoms with E-state index in [9.17, 15) is 19.2 Å². The van der Waals surface area contributed by atoms with Gasteiger partial charge in [0.25, 0.3) is 11.9 Å². The van der Waals surface area contributed by atoms with Gasteiger partial charge in [0.05, 0.1) is 0 Å². The van der Waals surface area contributed by atoms with Gasteiger partial charge in [-0.2, -0.15) is 25.2 Å². The van der Waals surface area contributed by atoms with Crippen molar-refractivity contribution in [3.63, 3.8) is 0 Å². The highest BCUT2D eigenvalue weighted by Crippen LogP contribution is 2.10. The minimum absolute atomic E-state index is 0.228. The Morgan fingerprint density at radius 1 is 0.621 bits per heavy atom. The number of hydrogen-bond acceptors (Lipinski definition) is 14. The molecule has 10 N–H and O–H groups in total. The van der Waals surface area contributed by atoms with Crippen molar-refractivity contribution in [2.24, 2.45) is 0 Å². The Balaban J connectivity index is 3.17. The Bertz CT molecular complexity index is 663. The number of amides is 4. The van der Waals surface area contributed by atoms with Crippen molar-refractivity contribution in [1.82, 2.24) is 58.8 Å². The zero-order chi connectivity index (χ0) is 22.0. The Morgan fingerprint density at radius 2 is 0.897 bits per heavy atom. The van der Waals surface area contributed by atoms with Crippen LogP contribution in [0.1, 0.15) is 27.7 Å². The molecule has 0 spiro atoms. The van der Waals surface area contributed by atoms with E-state index in [2.05, 4.69) is 58.8 Å². The van der Waals surface area contributed by atoms with Crippen LogP contribution in [0.2, 0.25) is 0 Å². The van der Waals surface area contributed by atoms with E-state index in [1.807, 2.05) is 0 Å². The largest absolute Gasteiger partial charge is 0.368 e. The van der Waals surface area contributed by atoms with E-state index >= 15 is 0 Å². The Labute approximate surface area is 164 Å². The molecular formula is C11H22N14O4. The minimum atomic E-state index is -0.469. The van der Waals surface area contributed by atoms with Crippen molar-refractivity contribution in [3.05, 3.63) is 0 Å². The average Bonchev–Trinajstić information content (AvgIpc) is 2.60. The number of carbonyl (C=O) groups is 4. The molecule has 160 valence electrons. The van der Waals surface area contributed by atoms with Crippen LogP contribution in [0.25, 0.3) is 0 Å². The molecular weight excluding hydrogens is 392 g/mol. The third-order valence-corrected chi connectivity index (χ3v) is 2.40. The quantitative estimate of drug-likeness (QED) is 0.164. The zero-order valence-electron chi connectivity index (χ0n) is 15.9. The lowest BCUT2D eigenvalue weighted by atomic mass is 10.7. The lowest BCUT2D eigenvalue weighted by Crippen LogP contribution is -2.62. The summed E-state index contributed by atoms with van der Waals surface area (Å²) in [4.78, 5) is 56.4. The summed E-state index contributed by atoms with van der Waals surface area (Å²) in [6.07, 6.45) is 0. The standard InChI is InChI=1S/C11H22N14O4/c1-5(26)16-20-24(21-17-6(2)27)10-13-9(12)14-11(15-10)25(22-18-7(3)28)23-19-8(4)29/h20-23H,1-4H3,(H,16,26)(H,17,27)(H,18,28)(H,19,29)(H2,12,13,14,15). The van der Waals surface area contributed by atoms with E-state index < -0.39 is 23.6 Å². The third kappa shape index (κ3) is 9.05. The summed E-state index contributed by atoms with van der Waals surface area (Å²) in [6, 6.07) is 0. The first-order valence-electron chi connectivity index (χ1n) is 7.79. The van der Waals surface area contributed by atoms with Crippen molar-refractivity contribution in [2.75, 3.05) is 16.0 Å². The summed E-state index contributed by atoms with van der Waals surface area (Å²) < 4.78 is 0. The molecule has 0 bridgehead atoms. The highest BCUT2D eigenvalue weighted by atomic mass is 16.2. The molecule has 0 radical (unpaired) electrons. The third-order valence-electron chi connectivity index (χ3n) is 2.40. The average molecular weight is 414 g/mol. The first-order chi connectivity index (χ1) is 13.6. The number of nitrogen functional groups attached to an aromatic ring is 1. The highest BCUT2D eigenvalue weighted by molar-refractivity contribution is 5.73. The predicted molar refractivity (Wildman–Crippen MR) is 97.0 cm³/mol. The van der Waals surface area contributed by atoms with Gasteiger partial charge < -0.3 is 5.73 Å². The maximum Gasteiger partial charge on any atom is 0.265 e. The second-order valence-corrected chi connectivity index (χ2v) is 5.14. The molecule has 0 saturated carbocycles. The highest BCUT2D eigenvalue weighted by Gasteiger charge is 2.18. The van der Waals surface area contributed by atoms with Crippen molar-refractivity contribution >= 4 is 41.5 Å². The van der Waals surface area contributed by atoms with Gasteiger partial charge in [0, 0.05) is 27.7 Å². The van der Waals surface area contributed by atoms with Gasteiger partial charge in [0.1, 0.15) is 0 Å². The lowest BCUT2D eigenvalue weighted by molar-refractivity contribution is -0.121. The molecule has 0 atom stereocenters. The second-order valence-electron chi connectivity index (χ2n) is 5.14. The molecule has 0 fully saturated rings. The first kappa shape index (κ1) is 23.2. The fourth-order valence-corrected chi connectivity index (χ4v) is 1.36. The topological polar surface area (TPSA) is 236 Å². The fourth-order valence-electron chi connectivity index (χ4n) is 1.36. The van der Waals surface area contributed by atoms with Crippen LogP contribution in [0.5, 0.6) is 0 Å². The Hall–Kier alpha value is -3.87. The molecule has 29 heavy (non-hydrogen) atoms. The summed E-state index contributed by atoms with van der Waals surface area (Å²) in [5.41, 5.74) is 24.2. The molecule has 1 aromatic rings. The maximum atomic E-state index is 11.2. The summed E-state index contributed by atoms with van der Waals surface area (Å²) in [5, 5.41) is 1.80. The van der Waals surface area contributed by atoms with Crippen LogP contribution in [0.15, 0.2) is 0 Å². The zero-order valence-corrected chi connectivity index (χ0v) is 15.9. The molecule has 1 aromatic heterocycles. The summed E-state index contributed by atoms with van der Waals surface area (Å²) >= 11 is 0. The number of rotatable bonds is 10. The van der Waals surface area contributed by atoms with E-state index in [-0.39, 0.29) is 17.8 Å². The Morgan fingerprint density at radius 3 is 1.14 bits per heavy atom. The molecule has 0 unspecified atom stereocenters. The number of anilines is 3. The number of hydrogen-bond donors (Lipinski definition) is 9.